The first-order valence-electron chi connectivity index (χ1n) is 5.37. The number of rotatable bonds is 4. The fourth-order valence-corrected chi connectivity index (χ4v) is 2.20. The maximum absolute atomic E-state index is 8.84. The highest BCUT2D eigenvalue weighted by Crippen LogP contribution is 2.23. The Bertz CT molecular complexity index is 541. The van der Waals surface area contributed by atoms with Crippen LogP contribution in [-0.4, -0.2) is 16.7 Å². The second-order valence-corrected chi connectivity index (χ2v) is 4.54. The molecule has 4 nitrogen and oxygen atoms in total. The van der Waals surface area contributed by atoms with Crippen molar-refractivity contribution in [2.24, 2.45) is 0 Å². The molecular weight excluding hydrogens is 232 g/mol. The summed E-state index contributed by atoms with van der Waals surface area (Å²) in [7, 11) is 0. The van der Waals surface area contributed by atoms with Crippen molar-refractivity contribution in [3.8, 4) is 16.6 Å². The lowest BCUT2D eigenvalue weighted by Crippen LogP contribution is -2.11. The van der Waals surface area contributed by atoms with Crippen molar-refractivity contribution in [2.45, 2.75) is 13.5 Å². The van der Waals surface area contributed by atoms with E-state index in [2.05, 4.69) is 28.5 Å². The Labute approximate surface area is 104 Å². The molecule has 17 heavy (non-hydrogen) atoms. The molecule has 0 amide bonds. The van der Waals surface area contributed by atoms with Crippen LogP contribution < -0.4 is 5.32 Å². The van der Waals surface area contributed by atoms with E-state index in [1.165, 1.54) is 0 Å². The van der Waals surface area contributed by atoms with Gasteiger partial charge in [0.2, 0.25) is 0 Å². The third-order valence-electron chi connectivity index (χ3n) is 2.23. The van der Waals surface area contributed by atoms with Crippen LogP contribution in [-0.2, 0) is 6.54 Å². The van der Waals surface area contributed by atoms with Gasteiger partial charge in [0, 0.05) is 12.1 Å². The van der Waals surface area contributed by atoms with E-state index < -0.39 is 0 Å². The molecule has 1 heterocycles. The van der Waals surface area contributed by atoms with E-state index in [9.17, 15) is 0 Å². The minimum atomic E-state index is 0.644. The standard InChI is InChI=1S/C12H12N4S/c1-2-14-8-11-15-16-12(17-11)10-5-3-4-9(6-10)7-13/h3-6,14H,2,8H2,1H3. The molecule has 0 saturated heterocycles. The van der Waals surface area contributed by atoms with E-state index in [1.807, 2.05) is 18.2 Å². The van der Waals surface area contributed by atoms with Crippen molar-refractivity contribution >= 4 is 11.3 Å². The predicted octanol–water partition coefficient (Wildman–Crippen LogP) is 2.19. The van der Waals surface area contributed by atoms with Gasteiger partial charge in [-0.1, -0.05) is 30.4 Å². The molecule has 0 aliphatic rings. The van der Waals surface area contributed by atoms with E-state index in [4.69, 9.17) is 5.26 Å². The Morgan fingerprint density at radius 3 is 3.06 bits per heavy atom. The molecule has 0 bridgehead atoms. The highest BCUT2D eigenvalue weighted by atomic mass is 32.1. The van der Waals surface area contributed by atoms with Crippen LogP contribution in [0.1, 0.15) is 17.5 Å². The minimum Gasteiger partial charge on any atom is -0.311 e. The number of nitrogens with zero attached hydrogens (tertiary/aromatic N) is 3. The van der Waals surface area contributed by atoms with Gasteiger partial charge in [0.1, 0.15) is 10.0 Å². The zero-order valence-corrected chi connectivity index (χ0v) is 10.3. The number of aromatic nitrogens is 2. The first-order valence-corrected chi connectivity index (χ1v) is 6.18. The molecule has 2 aromatic rings. The van der Waals surface area contributed by atoms with Gasteiger partial charge in [0.15, 0.2) is 0 Å². The fraction of sp³-hybridized carbons (Fsp3) is 0.250. The average molecular weight is 244 g/mol. The van der Waals surface area contributed by atoms with E-state index in [1.54, 1.807) is 17.4 Å². The van der Waals surface area contributed by atoms with Gasteiger partial charge in [-0.25, -0.2) is 0 Å². The van der Waals surface area contributed by atoms with Gasteiger partial charge >= 0.3 is 0 Å². The van der Waals surface area contributed by atoms with Gasteiger partial charge in [-0.2, -0.15) is 5.26 Å². The van der Waals surface area contributed by atoms with Crippen LogP contribution >= 0.6 is 11.3 Å². The Morgan fingerprint density at radius 1 is 1.41 bits per heavy atom. The molecule has 2 rings (SSSR count). The molecule has 1 N–H and O–H groups in total. The first-order chi connectivity index (χ1) is 8.33. The summed E-state index contributed by atoms with van der Waals surface area (Å²) in [5, 5.41) is 22.1. The molecule has 1 aromatic heterocycles. The maximum atomic E-state index is 8.84. The molecule has 0 radical (unpaired) electrons. The van der Waals surface area contributed by atoms with Crippen LogP contribution in [0.4, 0.5) is 0 Å². The topological polar surface area (TPSA) is 61.6 Å². The highest BCUT2D eigenvalue weighted by Gasteiger charge is 2.06. The number of nitrogens with one attached hydrogen (secondary N) is 1. The van der Waals surface area contributed by atoms with Gasteiger partial charge in [-0.3, -0.25) is 0 Å². The smallest absolute Gasteiger partial charge is 0.147 e. The highest BCUT2D eigenvalue weighted by molar-refractivity contribution is 7.14. The molecule has 0 fully saturated rings. The van der Waals surface area contributed by atoms with Crippen LogP contribution in [0.3, 0.4) is 0 Å². The monoisotopic (exact) mass is 244 g/mol. The molecule has 0 aliphatic heterocycles. The third-order valence-corrected chi connectivity index (χ3v) is 3.20. The summed E-state index contributed by atoms with van der Waals surface area (Å²) in [5.74, 6) is 0. The molecule has 1 aromatic carbocycles. The van der Waals surface area contributed by atoms with E-state index >= 15 is 0 Å². The largest absolute Gasteiger partial charge is 0.311 e. The van der Waals surface area contributed by atoms with Crippen LogP contribution in [0.25, 0.3) is 10.6 Å². The lowest BCUT2D eigenvalue weighted by Gasteiger charge is -1.95. The molecular formula is C12H12N4S. The SMILES string of the molecule is CCNCc1nnc(-c2cccc(C#N)c2)s1. The maximum Gasteiger partial charge on any atom is 0.147 e. The van der Waals surface area contributed by atoms with Gasteiger partial charge in [0.05, 0.1) is 11.6 Å². The summed E-state index contributed by atoms with van der Waals surface area (Å²) < 4.78 is 0. The molecule has 0 spiro atoms. The fourth-order valence-electron chi connectivity index (χ4n) is 1.40. The molecule has 5 heteroatoms. The zero-order chi connectivity index (χ0) is 12.1. The predicted molar refractivity (Wildman–Crippen MR) is 67.4 cm³/mol. The zero-order valence-electron chi connectivity index (χ0n) is 9.47. The van der Waals surface area contributed by atoms with Gasteiger partial charge in [-0.15, -0.1) is 10.2 Å². The van der Waals surface area contributed by atoms with Gasteiger partial charge < -0.3 is 5.32 Å². The Morgan fingerprint density at radius 2 is 2.29 bits per heavy atom. The van der Waals surface area contributed by atoms with Crippen LogP contribution in [0.15, 0.2) is 24.3 Å². The van der Waals surface area contributed by atoms with Crippen molar-refractivity contribution in [2.75, 3.05) is 6.54 Å². The number of hydrogen-bond acceptors (Lipinski definition) is 5. The second-order valence-electron chi connectivity index (χ2n) is 3.47. The van der Waals surface area contributed by atoms with Crippen LogP contribution in [0, 0.1) is 11.3 Å². The van der Waals surface area contributed by atoms with Crippen molar-refractivity contribution in [3.63, 3.8) is 0 Å². The molecule has 86 valence electrons. The van der Waals surface area contributed by atoms with Gasteiger partial charge in [-0.05, 0) is 18.7 Å². The minimum absolute atomic E-state index is 0.644. The van der Waals surface area contributed by atoms with Gasteiger partial charge in [0.25, 0.3) is 0 Å². The van der Waals surface area contributed by atoms with Crippen molar-refractivity contribution < 1.29 is 0 Å². The summed E-state index contributed by atoms with van der Waals surface area (Å²) in [4.78, 5) is 0. The normalized spacial score (nSPS) is 10.1. The summed E-state index contributed by atoms with van der Waals surface area (Å²) >= 11 is 1.55. The quantitative estimate of drug-likeness (QED) is 0.895. The molecule has 0 unspecified atom stereocenters. The third kappa shape index (κ3) is 2.87. The van der Waals surface area contributed by atoms with E-state index in [-0.39, 0.29) is 0 Å². The van der Waals surface area contributed by atoms with E-state index in [0.717, 1.165) is 28.7 Å². The molecule has 0 atom stereocenters. The summed E-state index contributed by atoms with van der Waals surface area (Å²) in [6.07, 6.45) is 0. The lowest BCUT2D eigenvalue weighted by molar-refractivity contribution is 0.715. The molecule has 0 saturated carbocycles. The Balaban J connectivity index is 2.21. The Hall–Kier alpha value is -1.77. The van der Waals surface area contributed by atoms with Crippen molar-refractivity contribution in [1.29, 1.82) is 5.26 Å². The van der Waals surface area contributed by atoms with Crippen molar-refractivity contribution in [1.82, 2.24) is 15.5 Å². The first kappa shape index (κ1) is 11.7. The van der Waals surface area contributed by atoms with Crippen LogP contribution in [0.5, 0.6) is 0 Å². The summed E-state index contributed by atoms with van der Waals surface area (Å²) in [5.41, 5.74) is 1.59. The van der Waals surface area contributed by atoms with E-state index in [0.29, 0.717) is 5.56 Å². The number of hydrogen-bond donors (Lipinski definition) is 1. The second kappa shape index (κ2) is 5.53. The average Bonchev–Trinajstić information content (AvgIpc) is 2.85. The lowest BCUT2D eigenvalue weighted by atomic mass is 10.1. The number of nitriles is 1. The Kier molecular flexibility index (Phi) is 3.81. The summed E-state index contributed by atoms with van der Waals surface area (Å²) in [6.45, 7) is 3.71. The number of benzene rings is 1. The van der Waals surface area contributed by atoms with Crippen molar-refractivity contribution in [3.05, 3.63) is 34.8 Å². The van der Waals surface area contributed by atoms with Crippen LogP contribution in [0.2, 0.25) is 0 Å². The summed E-state index contributed by atoms with van der Waals surface area (Å²) in [6, 6.07) is 9.54. The molecule has 0 aliphatic carbocycles.